The van der Waals surface area contributed by atoms with Crippen LogP contribution in [0.2, 0.25) is 0 Å². The standard InChI is InChI=1S/C21H21N3/c1-13-11-16(5-9-19(13)23)21(15-3-7-18(22)8-4-15)17-6-10-20(24)14(2)12-17/h3-12,23H,22,24H2,1-2H3/b21-16+,23-19?. The molecule has 3 heteroatoms. The summed E-state index contributed by atoms with van der Waals surface area (Å²) in [6.07, 6.45) is 5.89. The van der Waals surface area contributed by atoms with Gasteiger partial charge in [0.25, 0.3) is 0 Å². The Bertz CT molecular complexity index is 897. The van der Waals surface area contributed by atoms with Crippen molar-refractivity contribution in [3.05, 3.63) is 88.5 Å². The maximum Gasteiger partial charge on any atom is 0.0569 e. The molecule has 0 atom stereocenters. The first-order valence-electron chi connectivity index (χ1n) is 7.87. The zero-order chi connectivity index (χ0) is 17.3. The lowest BCUT2D eigenvalue weighted by atomic mass is 9.88. The van der Waals surface area contributed by atoms with Crippen molar-refractivity contribution in [2.45, 2.75) is 13.8 Å². The Morgan fingerprint density at radius 1 is 0.875 bits per heavy atom. The number of rotatable bonds is 2. The van der Waals surface area contributed by atoms with Gasteiger partial charge in [-0.05, 0) is 83.7 Å². The predicted molar refractivity (Wildman–Crippen MR) is 103 cm³/mol. The summed E-state index contributed by atoms with van der Waals surface area (Å²) in [5.74, 6) is 0. The van der Waals surface area contributed by atoms with Gasteiger partial charge in [-0.2, -0.15) is 0 Å². The Balaban J connectivity index is 2.25. The van der Waals surface area contributed by atoms with E-state index < -0.39 is 0 Å². The fraction of sp³-hybridized carbons (Fsp3) is 0.0952. The fourth-order valence-electron chi connectivity index (χ4n) is 2.80. The molecule has 3 nitrogen and oxygen atoms in total. The second kappa shape index (κ2) is 6.20. The first-order valence-corrected chi connectivity index (χ1v) is 7.87. The molecule has 0 bridgehead atoms. The highest BCUT2D eigenvalue weighted by Gasteiger charge is 2.13. The number of allylic oxidation sites excluding steroid dienone is 5. The van der Waals surface area contributed by atoms with Gasteiger partial charge in [0.1, 0.15) is 0 Å². The lowest BCUT2D eigenvalue weighted by Gasteiger charge is -2.16. The van der Waals surface area contributed by atoms with E-state index >= 15 is 0 Å². The van der Waals surface area contributed by atoms with Gasteiger partial charge in [-0.15, -0.1) is 0 Å². The third kappa shape index (κ3) is 3.01. The van der Waals surface area contributed by atoms with Gasteiger partial charge in [-0.25, -0.2) is 0 Å². The molecule has 0 saturated heterocycles. The minimum absolute atomic E-state index is 0.545. The average molecular weight is 315 g/mol. The van der Waals surface area contributed by atoms with Crippen molar-refractivity contribution in [1.82, 2.24) is 0 Å². The molecule has 120 valence electrons. The smallest absolute Gasteiger partial charge is 0.0569 e. The number of nitrogen functional groups attached to an aromatic ring is 2. The summed E-state index contributed by atoms with van der Waals surface area (Å²) in [6, 6.07) is 14.0. The van der Waals surface area contributed by atoms with E-state index in [0.29, 0.717) is 5.71 Å². The molecule has 2 aromatic carbocycles. The van der Waals surface area contributed by atoms with E-state index in [-0.39, 0.29) is 0 Å². The number of nitrogens with two attached hydrogens (primary N) is 2. The normalized spacial score (nSPS) is 16.1. The molecule has 1 aliphatic rings. The number of benzene rings is 2. The fourth-order valence-corrected chi connectivity index (χ4v) is 2.80. The van der Waals surface area contributed by atoms with E-state index in [4.69, 9.17) is 16.9 Å². The molecule has 5 N–H and O–H groups in total. The molecule has 24 heavy (non-hydrogen) atoms. The van der Waals surface area contributed by atoms with E-state index in [9.17, 15) is 0 Å². The van der Waals surface area contributed by atoms with Gasteiger partial charge in [0.2, 0.25) is 0 Å². The van der Waals surface area contributed by atoms with Crippen molar-refractivity contribution in [2.75, 3.05) is 11.5 Å². The molecule has 0 saturated carbocycles. The average Bonchev–Trinajstić information content (AvgIpc) is 2.56. The first kappa shape index (κ1) is 15.8. The van der Waals surface area contributed by atoms with Gasteiger partial charge in [0, 0.05) is 11.4 Å². The summed E-state index contributed by atoms with van der Waals surface area (Å²) in [4.78, 5) is 0. The largest absolute Gasteiger partial charge is 0.399 e. The van der Waals surface area contributed by atoms with E-state index in [1.165, 1.54) is 0 Å². The van der Waals surface area contributed by atoms with E-state index in [0.717, 1.165) is 44.8 Å². The van der Waals surface area contributed by atoms with E-state index in [2.05, 4.69) is 12.1 Å². The highest BCUT2D eigenvalue weighted by Crippen LogP contribution is 2.32. The van der Waals surface area contributed by atoms with Crippen LogP contribution in [0.25, 0.3) is 5.57 Å². The zero-order valence-corrected chi connectivity index (χ0v) is 13.9. The maximum absolute atomic E-state index is 7.91. The molecule has 0 aliphatic heterocycles. The van der Waals surface area contributed by atoms with Crippen molar-refractivity contribution >= 4 is 22.7 Å². The van der Waals surface area contributed by atoms with Crippen LogP contribution in [-0.4, -0.2) is 5.71 Å². The number of hydrogen-bond acceptors (Lipinski definition) is 3. The minimum atomic E-state index is 0.545. The maximum atomic E-state index is 7.91. The lowest BCUT2D eigenvalue weighted by Crippen LogP contribution is -2.02. The van der Waals surface area contributed by atoms with Crippen LogP contribution >= 0.6 is 0 Å². The van der Waals surface area contributed by atoms with E-state index in [1.807, 2.05) is 62.4 Å². The molecule has 0 spiro atoms. The van der Waals surface area contributed by atoms with Gasteiger partial charge in [0.15, 0.2) is 0 Å². The van der Waals surface area contributed by atoms with Crippen LogP contribution in [-0.2, 0) is 0 Å². The van der Waals surface area contributed by atoms with Gasteiger partial charge in [0.05, 0.1) is 5.71 Å². The summed E-state index contributed by atoms with van der Waals surface area (Å²) >= 11 is 0. The molecule has 0 unspecified atom stereocenters. The van der Waals surface area contributed by atoms with Gasteiger partial charge >= 0.3 is 0 Å². The number of anilines is 2. The molecule has 3 rings (SSSR count). The second-order valence-corrected chi connectivity index (χ2v) is 6.10. The Labute approximate surface area is 142 Å². The number of hydrogen-bond donors (Lipinski definition) is 3. The summed E-state index contributed by atoms with van der Waals surface area (Å²) in [7, 11) is 0. The van der Waals surface area contributed by atoms with Crippen LogP contribution in [0, 0.1) is 12.3 Å². The van der Waals surface area contributed by atoms with Crippen molar-refractivity contribution in [3.63, 3.8) is 0 Å². The van der Waals surface area contributed by atoms with Crippen molar-refractivity contribution in [3.8, 4) is 0 Å². The molecule has 0 radical (unpaired) electrons. The number of aryl methyl sites for hydroxylation is 1. The summed E-state index contributed by atoms with van der Waals surface area (Å²) < 4.78 is 0. The minimum Gasteiger partial charge on any atom is -0.399 e. The van der Waals surface area contributed by atoms with Crippen molar-refractivity contribution in [2.24, 2.45) is 0 Å². The SMILES string of the molecule is CC1=C/C(=C(\c2ccc(N)cc2)c2ccc(N)c(C)c2)C=CC1=N. The van der Waals surface area contributed by atoms with E-state index in [1.54, 1.807) is 0 Å². The Morgan fingerprint density at radius 2 is 1.54 bits per heavy atom. The molecule has 1 aliphatic carbocycles. The quantitative estimate of drug-likeness (QED) is 0.714. The second-order valence-electron chi connectivity index (χ2n) is 6.10. The van der Waals surface area contributed by atoms with Crippen molar-refractivity contribution < 1.29 is 0 Å². The van der Waals surface area contributed by atoms with Gasteiger partial charge < -0.3 is 16.9 Å². The highest BCUT2D eigenvalue weighted by atomic mass is 14.6. The van der Waals surface area contributed by atoms with Crippen LogP contribution in [0.3, 0.4) is 0 Å². The van der Waals surface area contributed by atoms with Crippen LogP contribution in [0.15, 0.2) is 71.8 Å². The van der Waals surface area contributed by atoms with Crippen LogP contribution in [0.5, 0.6) is 0 Å². The van der Waals surface area contributed by atoms with Crippen molar-refractivity contribution in [1.29, 1.82) is 5.41 Å². The predicted octanol–water partition coefficient (Wildman–Crippen LogP) is 4.50. The summed E-state index contributed by atoms with van der Waals surface area (Å²) in [5, 5.41) is 7.91. The Morgan fingerprint density at radius 3 is 2.17 bits per heavy atom. The third-order valence-corrected chi connectivity index (χ3v) is 4.27. The Kier molecular flexibility index (Phi) is 4.09. The third-order valence-electron chi connectivity index (χ3n) is 4.27. The molecular weight excluding hydrogens is 294 g/mol. The summed E-state index contributed by atoms with van der Waals surface area (Å²) in [6.45, 7) is 3.97. The number of nitrogens with one attached hydrogen (secondary N) is 1. The van der Waals surface area contributed by atoms with Crippen LogP contribution in [0.1, 0.15) is 23.6 Å². The molecule has 0 amide bonds. The first-order chi connectivity index (χ1) is 11.5. The monoisotopic (exact) mass is 315 g/mol. The highest BCUT2D eigenvalue weighted by molar-refractivity contribution is 6.08. The molecule has 0 aromatic heterocycles. The van der Waals surface area contributed by atoms with Gasteiger partial charge in [-0.1, -0.05) is 24.3 Å². The molecule has 0 fully saturated rings. The zero-order valence-electron chi connectivity index (χ0n) is 13.9. The summed E-state index contributed by atoms with van der Waals surface area (Å²) in [5.41, 5.74) is 20.3. The molecule has 0 heterocycles. The molecular formula is C21H21N3. The van der Waals surface area contributed by atoms with Crippen LogP contribution < -0.4 is 11.5 Å². The Hall–Kier alpha value is -3.07. The lowest BCUT2D eigenvalue weighted by molar-refractivity contribution is 1.40. The van der Waals surface area contributed by atoms with Crippen LogP contribution in [0.4, 0.5) is 11.4 Å². The molecule has 2 aromatic rings. The van der Waals surface area contributed by atoms with Gasteiger partial charge in [-0.3, -0.25) is 0 Å². The topological polar surface area (TPSA) is 75.9 Å².